The van der Waals surface area contributed by atoms with Crippen LogP contribution in [0.15, 0.2) is 0 Å². The first-order valence-corrected chi connectivity index (χ1v) is 5.13. The van der Waals surface area contributed by atoms with Gasteiger partial charge in [0, 0.05) is 18.9 Å². The van der Waals surface area contributed by atoms with Gasteiger partial charge in [0.25, 0.3) is 0 Å². The van der Waals surface area contributed by atoms with Gasteiger partial charge in [0.05, 0.1) is 0 Å². The van der Waals surface area contributed by atoms with E-state index in [1.807, 2.05) is 6.92 Å². The molecule has 0 aliphatic heterocycles. The molecule has 0 bridgehead atoms. The predicted octanol–water partition coefficient (Wildman–Crippen LogP) is 1.03. The van der Waals surface area contributed by atoms with Crippen molar-refractivity contribution in [1.82, 2.24) is 5.32 Å². The summed E-state index contributed by atoms with van der Waals surface area (Å²) in [7, 11) is 0. The van der Waals surface area contributed by atoms with Crippen LogP contribution in [0.3, 0.4) is 0 Å². The van der Waals surface area contributed by atoms with Crippen LogP contribution in [0, 0.1) is 12.3 Å². The zero-order valence-electron chi connectivity index (χ0n) is 8.88. The van der Waals surface area contributed by atoms with E-state index in [0.717, 1.165) is 19.3 Å². The third-order valence-corrected chi connectivity index (χ3v) is 1.94. The standard InChI is InChI=1S/C11H20N2O/c1-3-7-10(2)13-11(14)8-5-4-6-9-12/h1,10H,4-9,12H2,2H3,(H,13,14). The van der Waals surface area contributed by atoms with Gasteiger partial charge >= 0.3 is 0 Å². The summed E-state index contributed by atoms with van der Waals surface area (Å²) >= 11 is 0. The Morgan fingerprint density at radius 3 is 2.79 bits per heavy atom. The minimum Gasteiger partial charge on any atom is -0.353 e. The molecule has 14 heavy (non-hydrogen) atoms. The van der Waals surface area contributed by atoms with Gasteiger partial charge < -0.3 is 11.1 Å². The fourth-order valence-corrected chi connectivity index (χ4v) is 1.18. The van der Waals surface area contributed by atoms with Gasteiger partial charge in [-0.25, -0.2) is 0 Å². The van der Waals surface area contributed by atoms with Crippen LogP contribution in [0.2, 0.25) is 0 Å². The molecule has 1 amide bonds. The maximum Gasteiger partial charge on any atom is 0.220 e. The molecular formula is C11H20N2O. The van der Waals surface area contributed by atoms with Crippen LogP contribution in [0.5, 0.6) is 0 Å². The van der Waals surface area contributed by atoms with E-state index in [-0.39, 0.29) is 11.9 Å². The molecule has 80 valence electrons. The van der Waals surface area contributed by atoms with Crippen LogP contribution in [-0.2, 0) is 4.79 Å². The first kappa shape index (κ1) is 13.0. The van der Waals surface area contributed by atoms with Crippen molar-refractivity contribution >= 4 is 5.91 Å². The normalized spacial score (nSPS) is 11.8. The first-order valence-electron chi connectivity index (χ1n) is 5.13. The minimum atomic E-state index is 0.0852. The number of terminal acetylenes is 1. The summed E-state index contributed by atoms with van der Waals surface area (Å²) < 4.78 is 0. The molecule has 0 heterocycles. The summed E-state index contributed by atoms with van der Waals surface area (Å²) in [6, 6.07) is 0.0852. The number of carbonyl (C=O) groups is 1. The molecule has 0 radical (unpaired) electrons. The number of nitrogens with one attached hydrogen (secondary N) is 1. The van der Waals surface area contributed by atoms with Crippen LogP contribution in [0.25, 0.3) is 0 Å². The molecule has 3 N–H and O–H groups in total. The smallest absolute Gasteiger partial charge is 0.220 e. The fourth-order valence-electron chi connectivity index (χ4n) is 1.18. The highest BCUT2D eigenvalue weighted by atomic mass is 16.1. The summed E-state index contributed by atoms with van der Waals surface area (Å²) in [5, 5.41) is 2.85. The Bertz CT molecular complexity index is 196. The zero-order chi connectivity index (χ0) is 10.8. The maximum atomic E-state index is 11.3. The minimum absolute atomic E-state index is 0.0852. The SMILES string of the molecule is C#CCC(C)NC(=O)CCCCCN. The largest absolute Gasteiger partial charge is 0.353 e. The second-order valence-corrected chi connectivity index (χ2v) is 3.48. The number of amides is 1. The van der Waals surface area contributed by atoms with Crippen molar-refractivity contribution in [2.24, 2.45) is 5.73 Å². The summed E-state index contributed by atoms with van der Waals surface area (Å²) in [4.78, 5) is 11.3. The van der Waals surface area contributed by atoms with Crippen LogP contribution >= 0.6 is 0 Å². The Morgan fingerprint density at radius 1 is 1.50 bits per heavy atom. The van der Waals surface area contributed by atoms with E-state index in [1.54, 1.807) is 0 Å². The van der Waals surface area contributed by atoms with Crippen molar-refractivity contribution in [3.63, 3.8) is 0 Å². The number of rotatable bonds is 7. The molecule has 1 atom stereocenters. The molecule has 3 heteroatoms. The van der Waals surface area contributed by atoms with Gasteiger partial charge in [-0.05, 0) is 26.3 Å². The van der Waals surface area contributed by atoms with E-state index in [1.165, 1.54) is 0 Å². The summed E-state index contributed by atoms with van der Waals surface area (Å²) in [6.45, 7) is 2.62. The second-order valence-electron chi connectivity index (χ2n) is 3.48. The van der Waals surface area contributed by atoms with Gasteiger partial charge in [0.15, 0.2) is 0 Å². The van der Waals surface area contributed by atoms with Crippen molar-refractivity contribution in [3.05, 3.63) is 0 Å². The van der Waals surface area contributed by atoms with E-state index in [9.17, 15) is 4.79 Å². The predicted molar refractivity (Wildman–Crippen MR) is 58.6 cm³/mol. The van der Waals surface area contributed by atoms with Gasteiger partial charge in [-0.2, -0.15) is 0 Å². The van der Waals surface area contributed by atoms with Gasteiger partial charge in [-0.3, -0.25) is 4.79 Å². The Labute approximate surface area is 86.4 Å². The van der Waals surface area contributed by atoms with E-state index in [2.05, 4.69) is 11.2 Å². The summed E-state index contributed by atoms with van der Waals surface area (Å²) in [6.07, 6.45) is 9.22. The van der Waals surface area contributed by atoms with Gasteiger partial charge in [0.2, 0.25) is 5.91 Å². The maximum absolute atomic E-state index is 11.3. The van der Waals surface area contributed by atoms with Gasteiger partial charge in [0.1, 0.15) is 0 Å². The molecule has 0 aromatic carbocycles. The Morgan fingerprint density at radius 2 is 2.21 bits per heavy atom. The van der Waals surface area contributed by atoms with Crippen molar-refractivity contribution in [1.29, 1.82) is 0 Å². The number of unbranched alkanes of at least 4 members (excludes halogenated alkanes) is 2. The summed E-state index contributed by atoms with van der Waals surface area (Å²) in [5.74, 6) is 2.61. The monoisotopic (exact) mass is 196 g/mol. The number of hydrogen-bond acceptors (Lipinski definition) is 2. The highest BCUT2D eigenvalue weighted by Crippen LogP contribution is 1.99. The molecule has 1 unspecified atom stereocenters. The summed E-state index contributed by atoms with van der Waals surface area (Å²) in [5.41, 5.74) is 5.34. The number of carbonyl (C=O) groups excluding carboxylic acids is 1. The zero-order valence-corrected chi connectivity index (χ0v) is 8.88. The van der Waals surface area contributed by atoms with Crippen molar-refractivity contribution in [2.75, 3.05) is 6.54 Å². The Hall–Kier alpha value is -1.01. The Kier molecular flexibility index (Phi) is 7.96. The highest BCUT2D eigenvalue weighted by molar-refractivity contribution is 5.76. The second kappa shape index (κ2) is 8.58. The quantitative estimate of drug-likeness (QED) is 0.472. The van der Waals surface area contributed by atoms with Crippen LogP contribution in [0.1, 0.15) is 39.0 Å². The van der Waals surface area contributed by atoms with Gasteiger partial charge in [-0.1, -0.05) is 6.42 Å². The van der Waals surface area contributed by atoms with Crippen LogP contribution < -0.4 is 11.1 Å². The molecule has 0 fully saturated rings. The lowest BCUT2D eigenvalue weighted by Crippen LogP contribution is -2.31. The van der Waals surface area contributed by atoms with Crippen molar-refractivity contribution in [2.45, 2.75) is 45.1 Å². The molecule has 0 saturated heterocycles. The van der Waals surface area contributed by atoms with Gasteiger partial charge in [-0.15, -0.1) is 12.3 Å². The van der Waals surface area contributed by atoms with Crippen molar-refractivity contribution < 1.29 is 4.79 Å². The molecule has 0 aliphatic rings. The molecule has 0 aromatic rings. The average molecular weight is 196 g/mol. The van der Waals surface area contributed by atoms with E-state index >= 15 is 0 Å². The molecule has 0 aliphatic carbocycles. The number of nitrogens with two attached hydrogens (primary N) is 1. The molecule has 0 saturated carbocycles. The molecule has 0 rings (SSSR count). The van der Waals surface area contributed by atoms with Crippen LogP contribution in [0.4, 0.5) is 0 Å². The average Bonchev–Trinajstić information content (AvgIpc) is 2.13. The third-order valence-electron chi connectivity index (χ3n) is 1.94. The third kappa shape index (κ3) is 7.63. The van der Waals surface area contributed by atoms with Crippen molar-refractivity contribution in [3.8, 4) is 12.3 Å². The van der Waals surface area contributed by atoms with Crippen LogP contribution in [-0.4, -0.2) is 18.5 Å². The van der Waals surface area contributed by atoms with E-state index < -0.39 is 0 Å². The molecule has 0 spiro atoms. The highest BCUT2D eigenvalue weighted by Gasteiger charge is 2.04. The first-order chi connectivity index (χ1) is 6.70. The Balaban J connectivity index is 3.41. The molecule has 0 aromatic heterocycles. The van der Waals surface area contributed by atoms with E-state index in [4.69, 9.17) is 12.2 Å². The lowest BCUT2D eigenvalue weighted by molar-refractivity contribution is -0.121. The molecular weight excluding hydrogens is 176 g/mol. The van der Waals surface area contributed by atoms with E-state index in [0.29, 0.717) is 19.4 Å². The lowest BCUT2D eigenvalue weighted by Gasteiger charge is -2.10. The molecule has 3 nitrogen and oxygen atoms in total. The lowest BCUT2D eigenvalue weighted by atomic mass is 10.1. The fraction of sp³-hybridized carbons (Fsp3) is 0.727. The number of hydrogen-bond donors (Lipinski definition) is 2. The topological polar surface area (TPSA) is 55.1 Å².